The summed E-state index contributed by atoms with van der Waals surface area (Å²) in [6.45, 7) is 3.80. The van der Waals surface area contributed by atoms with Gasteiger partial charge in [0.25, 0.3) is 10.0 Å². The van der Waals surface area contributed by atoms with E-state index in [1.807, 2.05) is 0 Å². The Kier molecular flexibility index (Phi) is 4.53. The number of rotatable bonds is 4. The average molecular weight is 376 g/mol. The second-order valence-electron chi connectivity index (χ2n) is 6.62. The number of carbonyl (C=O) groups excluding carboxylic acids is 1. The Bertz CT molecular complexity index is 937. The van der Waals surface area contributed by atoms with Crippen LogP contribution in [0.15, 0.2) is 47.4 Å². The van der Waals surface area contributed by atoms with Crippen LogP contribution in [0, 0.1) is 5.41 Å². The van der Waals surface area contributed by atoms with Crippen LogP contribution in [0.4, 0.5) is 11.4 Å². The molecule has 1 heterocycles. The molecular weight excluding hydrogens is 356 g/mol. The van der Waals surface area contributed by atoms with Crippen molar-refractivity contribution in [3.63, 3.8) is 0 Å². The van der Waals surface area contributed by atoms with Gasteiger partial charge in [0.05, 0.1) is 28.8 Å². The second kappa shape index (κ2) is 6.53. The largest absolute Gasteiger partial charge is 0.497 e. The van der Waals surface area contributed by atoms with E-state index in [-0.39, 0.29) is 17.4 Å². The Morgan fingerprint density at radius 2 is 1.85 bits per heavy atom. The van der Waals surface area contributed by atoms with Gasteiger partial charge in [-0.05, 0) is 56.3 Å². The molecule has 0 aromatic heterocycles. The average Bonchev–Trinajstić information content (AvgIpc) is 2.71. The van der Waals surface area contributed by atoms with Crippen LogP contribution in [0.1, 0.15) is 13.8 Å². The third-order valence-electron chi connectivity index (χ3n) is 4.05. The number of ether oxygens (including phenoxy) is 2. The summed E-state index contributed by atoms with van der Waals surface area (Å²) in [4.78, 5) is 12.3. The minimum absolute atomic E-state index is 0.106. The molecule has 2 aromatic rings. The lowest BCUT2D eigenvalue weighted by molar-refractivity contribution is -0.124. The summed E-state index contributed by atoms with van der Waals surface area (Å²) >= 11 is 0. The van der Waals surface area contributed by atoms with Gasteiger partial charge in [0.15, 0.2) is 0 Å². The van der Waals surface area contributed by atoms with Crippen molar-refractivity contribution < 1.29 is 22.7 Å². The van der Waals surface area contributed by atoms with Gasteiger partial charge in [0, 0.05) is 0 Å². The molecule has 7 nitrogen and oxygen atoms in total. The van der Waals surface area contributed by atoms with Crippen LogP contribution in [-0.4, -0.2) is 28.0 Å². The number of hydrogen-bond acceptors (Lipinski definition) is 5. The SMILES string of the molecule is COc1ccc(S(=O)(=O)Nc2ccc3c(c2)NC(=O)C(C)(C)CO3)cc1. The molecule has 0 saturated carbocycles. The number of nitrogens with one attached hydrogen (secondary N) is 2. The maximum atomic E-state index is 12.5. The fourth-order valence-corrected chi connectivity index (χ4v) is 3.45. The van der Waals surface area contributed by atoms with E-state index in [0.717, 1.165) is 0 Å². The summed E-state index contributed by atoms with van der Waals surface area (Å²) in [7, 11) is -2.26. The van der Waals surface area contributed by atoms with Gasteiger partial charge in [-0.1, -0.05) is 0 Å². The summed E-state index contributed by atoms with van der Waals surface area (Å²) in [6.07, 6.45) is 0. The smallest absolute Gasteiger partial charge is 0.261 e. The van der Waals surface area contributed by atoms with Gasteiger partial charge in [-0.15, -0.1) is 0 Å². The van der Waals surface area contributed by atoms with E-state index in [9.17, 15) is 13.2 Å². The van der Waals surface area contributed by atoms with Gasteiger partial charge < -0.3 is 14.8 Å². The number of amides is 1. The van der Waals surface area contributed by atoms with Crippen LogP contribution < -0.4 is 19.5 Å². The highest BCUT2D eigenvalue weighted by Crippen LogP contribution is 2.34. The van der Waals surface area contributed by atoms with Crippen LogP contribution in [0.3, 0.4) is 0 Å². The molecule has 0 atom stereocenters. The van der Waals surface area contributed by atoms with Gasteiger partial charge in [0.1, 0.15) is 18.1 Å². The molecule has 26 heavy (non-hydrogen) atoms. The van der Waals surface area contributed by atoms with Crippen LogP contribution in [0.25, 0.3) is 0 Å². The summed E-state index contributed by atoms with van der Waals surface area (Å²) in [6, 6.07) is 10.8. The molecule has 0 aliphatic carbocycles. The van der Waals surface area contributed by atoms with Gasteiger partial charge >= 0.3 is 0 Å². The molecule has 3 rings (SSSR count). The predicted octanol–water partition coefficient (Wildman–Crippen LogP) is 2.85. The molecular formula is C18H20N2O5S. The Balaban J connectivity index is 1.86. The Labute approximate surface area is 152 Å². The van der Waals surface area contributed by atoms with Crippen molar-refractivity contribution in [1.29, 1.82) is 0 Å². The molecule has 0 bridgehead atoms. The van der Waals surface area contributed by atoms with E-state index in [1.54, 1.807) is 38.1 Å². The first kappa shape index (κ1) is 18.1. The molecule has 1 aliphatic heterocycles. The molecule has 0 unspecified atom stereocenters. The summed E-state index contributed by atoms with van der Waals surface area (Å²) in [5.41, 5.74) is 0.0700. The molecule has 0 fully saturated rings. The minimum atomic E-state index is -3.77. The highest BCUT2D eigenvalue weighted by Gasteiger charge is 2.32. The van der Waals surface area contributed by atoms with E-state index >= 15 is 0 Å². The number of fused-ring (bicyclic) bond motifs is 1. The maximum absolute atomic E-state index is 12.5. The quantitative estimate of drug-likeness (QED) is 0.856. The standard InChI is InChI=1S/C18H20N2O5S/c1-18(2)11-25-16-9-4-12(10-15(16)19-17(18)21)20-26(22,23)14-7-5-13(24-3)6-8-14/h4-10,20H,11H2,1-3H3,(H,19,21). The second-order valence-corrected chi connectivity index (χ2v) is 8.30. The molecule has 2 aromatic carbocycles. The number of sulfonamides is 1. The maximum Gasteiger partial charge on any atom is 0.261 e. The van der Waals surface area contributed by atoms with E-state index in [0.29, 0.717) is 22.9 Å². The zero-order valence-corrected chi connectivity index (χ0v) is 15.5. The monoisotopic (exact) mass is 376 g/mol. The topological polar surface area (TPSA) is 93.7 Å². The summed E-state index contributed by atoms with van der Waals surface area (Å²) in [5, 5.41) is 2.78. The molecule has 1 amide bonds. The van der Waals surface area contributed by atoms with Crippen LogP contribution in [0.2, 0.25) is 0 Å². The first-order chi connectivity index (χ1) is 12.2. The molecule has 8 heteroatoms. The fourth-order valence-electron chi connectivity index (χ4n) is 2.40. The van der Waals surface area contributed by atoms with Crippen LogP contribution >= 0.6 is 0 Å². The highest BCUT2D eigenvalue weighted by molar-refractivity contribution is 7.92. The first-order valence-electron chi connectivity index (χ1n) is 7.96. The zero-order chi connectivity index (χ0) is 18.9. The van der Waals surface area contributed by atoms with E-state index in [2.05, 4.69) is 10.0 Å². The van der Waals surface area contributed by atoms with E-state index in [1.165, 1.54) is 25.3 Å². The molecule has 0 radical (unpaired) electrons. The number of anilines is 2. The fraction of sp³-hybridized carbons (Fsp3) is 0.278. The number of methoxy groups -OCH3 is 1. The lowest BCUT2D eigenvalue weighted by atomic mass is 9.94. The van der Waals surface area contributed by atoms with Gasteiger partial charge in [0.2, 0.25) is 5.91 Å². The van der Waals surface area contributed by atoms with Gasteiger partial charge in [-0.3, -0.25) is 9.52 Å². The van der Waals surface area contributed by atoms with Crippen molar-refractivity contribution >= 4 is 27.3 Å². The summed E-state index contributed by atoms with van der Waals surface area (Å²) in [5.74, 6) is 0.874. The zero-order valence-electron chi connectivity index (χ0n) is 14.7. The van der Waals surface area contributed by atoms with E-state index in [4.69, 9.17) is 9.47 Å². The predicted molar refractivity (Wildman–Crippen MR) is 98.2 cm³/mol. The highest BCUT2D eigenvalue weighted by atomic mass is 32.2. The number of benzene rings is 2. The third kappa shape index (κ3) is 3.60. The van der Waals surface area contributed by atoms with Gasteiger partial charge in [-0.25, -0.2) is 8.42 Å². The molecule has 0 saturated heterocycles. The van der Waals surface area contributed by atoms with Crippen LogP contribution in [0.5, 0.6) is 11.5 Å². The Hall–Kier alpha value is -2.74. The lowest BCUT2D eigenvalue weighted by Crippen LogP contribution is -2.33. The number of hydrogen-bond donors (Lipinski definition) is 2. The molecule has 1 aliphatic rings. The normalized spacial score (nSPS) is 15.9. The minimum Gasteiger partial charge on any atom is -0.497 e. The van der Waals surface area contributed by atoms with Crippen molar-refractivity contribution in [2.45, 2.75) is 18.7 Å². The van der Waals surface area contributed by atoms with Crippen molar-refractivity contribution in [2.75, 3.05) is 23.8 Å². The molecule has 2 N–H and O–H groups in total. The van der Waals surface area contributed by atoms with E-state index < -0.39 is 15.4 Å². The van der Waals surface area contributed by atoms with Gasteiger partial charge in [-0.2, -0.15) is 0 Å². The van der Waals surface area contributed by atoms with Crippen molar-refractivity contribution in [3.05, 3.63) is 42.5 Å². The van der Waals surface area contributed by atoms with Crippen LogP contribution in [-0.2, 0) is 14.8 Å². The third-order valence-corrected chi connectivity index (χ3v) is 5.45. The van der Waals surface area contributed by atoms with Crippen molar-refractivity contribution in [2.24, 2.45) is 5.41 Å². The van der Waals surface area contributed by atoms with Crippen molar-refractivity contribution in [3.8, 4) is 11.5 Å². The van der Waals surface area contributed by atoms with Crippen molar-refractivity contribution in [1.82, 2.24) is 0 Å². The molecule has 0 spiro atoms. The summed E-state index contributed by atoms with van der Waals surface area (Å²) < 4.78 is 38.3. The lowest BCUT2D eigenvalue weighted by Gasteiger charge is -2.18. The number of carbonyl (C=O) groups is 1. The Morgan fingerprint density at radius 3 is 2.50 bits per heavy atom. The molecule has 138 valence electrons. The first-order valence-corrected chi connectivity index (χ1v) is 9.45. The Morgan fingerprint density at radius 1 is 1.15 bits per heavy atom.